The fourth-order valence-corrected chi connectivity index (χ4v) is 3.40. The molecule has 0 N–H and O–H groups in total. The van der Waals surface area contributed by atoms with Gasteiger partial charge in [-0.05, 0) is 38.0 Å². The molecule has 3 rings (SSSR count). The summed E-state index contributed by atoms with van der Waals surface area (Å²) < 4.78 is 5.93. The second kappa shape index (κ2) is 8.18. The van der Waals surface area contributed by atoms with E-state index in [0.717, 1.165) is 22.6 Å². The maximum absolute atomic E-state index is 10.9. The van der Waals surface area contributed by atoms with Gasteiger partial charge in [-0.25, -0.2) is 4.98 Å². The van der Waals surface area contributed by atoms with Gasteiger partial charge in [-0.1, -0.05) is 41.6 Å². The normalized spacial score (nSPS) is 10.6. The maximum Gasteiger partial charge on any atom is 0.269 e. The first-order valence-corrected chi connectivity index (χ1v) is 9.36. The zero-order valence-electron chi connectivity index (χ0n) is 15.3. The van der Waals surface area contributed by atoms with Crippen molar-refractivity contribution in [2.45, 2.75) is 31.7 Å². The van der Waals surface area contributed by atoms with Crippen LogP contribution in [-0.2, 0) is 5.75 Å². The van der Waals surface area contributed by atoms with E-state index in [4.69, 9.17) is 4.74 Å². The number of nitro groups is 1. The Labute approximate surface area is 161 Å². The van der Waals surface area contributed by atoms with Crippen molar-refractivity contribution < 1.29 is 9.66 Å². The Bertz CT molecular complexity index is 992. The van der Waals surface area contributed by atoms with E-state index in [9.17, 15) is 10.1 Å². The highest BCUT2D eigenvalue weighted by atomic mass is 32.2. The molecule has 138 valence electrons. The van der Waals surface area contributed by atoms with E-state index in [1.54, 1.807) is 18.2 Å². The number of nitrogens with zero attached hydrogens (tertiary/aromatic N) is 3. The van der Waals surface area contributed by atoms with Gasteiger partial charge in [0.15, 0.2) is 5.16 Å². The summed E-state index contributed by atoms with van der Waals surface area (Å²) in [4.78, 5) is 19.4. The number of aromatic nitrogens is 2. The first-order valence-electron chi connectivity index (χ1n) is 8.37. The van der Waals surface area contributed by atoms with Crippen LogP contribution in [0.2, 0.25) is 0 Å². The number of non-ortho nitro benzene ring substituents is 1. The summed E-state index contributed by atoms with van der Waals surface area (Å²) in [5.41, 5.74) is 3.93. The molecular weight excluding hydrogens is 362 g/mol. The summed E-state index contributed by atoms with van der Waals surface area (Å²) in [5, 5.41) is 11.5. The largest absolute Gasteiger partial charge is 0.439 e. The van der Waals surface area contributed by atoms with Crippen molar-refractivity contribution in [2.75, 3.05) is 0 Å². The minimum atomic E-state index is -0.396. The van der Waals surface area contributed by atoms with Gasteiger partial charge in [0.25, 0.3) is 5.69 Å². The smallest absolute Gasteiger partial charge is 0.269 e. The van der Waals surface area contributed by atoms with Crippen LogP contribution in [0.15, 0.2) is 53.7 Å². The van der Waals surface area contributed by atoms with Crippen molar-refractivity contribution in [3.05, 3.63) is 81.0 Å². The van der Waals surface area contributed by atoms with Crippen molar-refractivity contribution in [1.82, 2.24) is 9.97 Å². The van der Waals surface area contributed by atoms with Crippen molar-refractivity contribution in [3.63, 3.8) is 0 Å². The van der Waals surface area contributed by atoms with Gasteiger partial charge in [0.05, 0.1) is 4.92 Å². The molecule has 1 aromatic heterocycles. The molecular formula is C20H19N3O3S. The fraction of sp³-hybridized carbons (Fsp3) is 0.200. The van der Waals surface area contributed by atoms with Gasteiger partial charge in [-0.3, -0.25) is 10.1 Å². The van der Waals surface area contributed by atoms with E-state index in [1.807, 2.05) is 39.0 Å². The SMILES string of the molecule is Cc1ccc(Oc2cc(C)nc(SCc3cccc([N+](=O)[O-])c3)n2)c(C)c1. The van der Waals surface area contributed by atoms with E-state index < -0.39 is 4.92 Å². The minimum absolute atomic E-state index is 0.0807. The van der Waals surface area contributed by atoms with Crippen molar-refractivity contribution in [2.24, 2.45) is 0 Å². The van der Waals surface area contributed by atoms with Gasteiger partial charge in [0.1, 0.15) is 5.75 Å². The summed E-state index contributed by atoms with van der Waals surface area (Å²) in [6, 6.07) is 14.3. The van der Waals surface area contributed by atoms with Crippen LogP contribution in [0, 0.1) is 30.9 Å². The van der Waals surface area contributed by atoms with Crippen LogP contribution in [0.5, 0.6) is 11.6 Å². The number of hydrogen-bond donors (Lipinski definition) is 0. The number of aryl methyl sites for hydroxylation is 3. The molecule has 0 saturated heterocycles. The highest BCUT2D eigenvalue weighted by Gasteiger charge is 2.10. The highest BCUT2D eigenvalue weighted by Crippen LogP contribution is 2.28. The number of benzene rings is 2. The van der Waals surface area contributed by atoms with Crippen LogP contribution in [0.4, 0.5) is 5.69 Å². The highest BCUT2D eigenvalue weighted by molar-refractivity contribution is 7.98. The van der Waals surface area contributed by atoms with Crippen molar-refractivity contribution >= 4 is 17.4 Å². The maximum atomic E-state index is 10.9. The fourth-order valence-electron chi connectivity index (χ4n) is 2.56. The standard InChI is InChI=1S/C20H19N3O3S/c1-13-7-8-18(14(2)9-13)26-19-10-15(3)21-20(22-19)27-12-16-5-4-6-17(11-16)23(24)25/h4-11H,12H2,1-3H3. The summed E-state index contributed by atoms with van der Waals surface area (Å²) in [5.74, 6) is 1.78. The molecule has 3 aromatic rings. The number of rotatable bonds is 6. The molecule has 0 aliphatic carbocycles. The van der Waals surface area contributed by atoms with Crippen molar-refractivity contribution in [3.8, 4) is 11.6 Å². The quantitative estimate of drug-likeness (QED) is 0.246. The Morgan fingerprint density at radius 2 is 1.89 bits per heavy atom. The second-order valence-corrected chi connectivity index (χ2v) is 7.16. The molecule has 0 aliphatic rings. The molecule has 0 bridgehead atoms. The van der Waals surface area contributed by atoms with Crippen LogP contribution >= 0.6 is 11.8 Å². The first kappa shape index (κ1) is 18.8. The minimum Gasteiger partial charge on any atom is -0.439 e. The molecule has 1 heterocycles. The average molecular weight is 381 g/mol. The Hall–Kier alpha value is -2.93. The van der Waals surface area contributed by atoms with Crippen molar-refractivity contribution in [1.29, 1.82) is 0 Å². The summed E-state index contributed by atoms with van der Waals surface area (Å²) in [7, 11) is 0. The Kier molecular flexibility index (Phi) is 5.71. The van der Waals surface area contributed by atoms with Crippen LogP contribution in [0.3, 0.4) is 0 Å². The van der Waals surface area contributed by atoms with E-state index in [2.05, 4.69) is 16.0 Å². The number of nitro benzene ring substituents is 1. The zero-order chi connectivity index (χ0) is 19.4. The third-order valence-electron chi connectivity index (χ3n) is 3.84. The van der Waals surface area contributed by atoms with E-state index in [-0.39, 0.29) is 5.69 Å². The molecule has 7 heteroatoms. The van der Waals surface area contributed by atoms with Gasteiger partial charge in [0, 0.05) is 29.6 Å². The first-order chi connectivity index (χ1) is 12.9. The van der Waals surface area contributed by atoms with Gasteiger partial charge >= 0.3 is 0 Å². The second-order valence-electron chi connectivity index (χ2n) is 6.22. The molecule has 0 amide bonds. The Morgan fingerprint density at radius 1 is 1.07 bits per heavy atom. The monoisotopic (exact) mass is 381 g/mol. The predicted octanol–water partition coefficient (Wildman–Crippen LogP) is 5.39. The average Bonchev–Trinajstić information content (AvgIpc) is 2.62. The molecule has 6 nitrogen and oxygen atoms in total. The van der Waals surface area contributed by atoms with Crippen LogP contribution < -0.4 is 4.74 Å². The molecule has 27 heavy (non-hydrogen) atoms. The molecule has 0 fully saturated rings. The van der Waals surface area contributed by atoms with E-state index >= 15 is 0 Å². The molecule has 0 aliphatic heterocycles. The zero-order valence-corrected chi connectivity index (χ0v) is 16.1. The molecule has 0 unspecified atom stereocenters. The lowest BCUT2D eigenvalue weighted by molar-refractivity contribution is -0.384. The third kappa shape index (κ3) is 5.04. The number of hydrogen-bond acceptors (Lipinski definition) is 6. The topological polar surface area (TPSA) is 78.2 Å². The molecule has 0 spiro atoms. The number of ether oxygens (including phenoxy) is 1. The van der Waals surface area contributed by atoms with Crippen LogP contribution in [0.25, 0.3) is 0 Å². The van der Waals surface area contributed by atoms with Gasteiger partial charge in [-0.15, -0.1) is 0 Å². The predicted molar refractivity (Wildman–Crippen MR) is 105 cm³/mol. The van der Waals surface area contributed by atoms with Crippen LogP contribution in [0.1, 0.15) is 22.4 Å². The molecule has 0 atom stereocenters. The molecule has 0 saturated carbocycles. The Balaban J connectivity index is 1.75. The van der Waals surface area contributed by atoms with E-state index in [0.29, 0.717) is 16.8 Å². The van der Waals surface area contributed by atoms with Gasteiger partial charge < -0.3 is 4.74 Å². The summed E-state index contributed by atoms with van der Waals surface area (Å²) >= 11 is 1.41. The molecule has 0 radical (unpaired) electrons. The lowest BCUT2D eigenvalue weighted by Crippen LogP contribution is -1.96. The van der Waals surface area contributed by atoms with Gasteiger partial charge in [-0.2, -0.15) is 4.98 Å². The van der Waals surface area contributed by atoms with E-state index in [1.165, 1.54) is 23.4 Å². The lowest BCUT2D eigenvalue weighted by Gasteiger charge is -2.10. The summed E-state index contributed by atoms with van der Waals surface area (Å²) in [6.45, 7) is 5.91. The lowest BCUT2D eigenvalue weighted by atomic mass is 10.1. The van der Waals surface area contributed by atoms with Crippen LogP contribution in [-0.4, -0.2) is 14.9 Å². The Morgan fingerprint density at radius 3 is 2.63 bits per heavy atom. The molecule has 2 aromatic carbocycles. The summed E-state index contributed by atoms with van der Waals surface area (Å²) in [6.07, 6.45) is 0. The third-order valence-corrected chi connectivity index (χ3v) is 4.76. The van der Waals surface area contributed by atoms with Gasteiger partial charge in [0.2, 0.25) is 5.88 Å². The number of thioether (sulfide) groups is 1.